The van der Waals surface area contributed by atoms with Crippen LogP contribution in [0.5, 0.6) is 0 Å². The van der Waals surface area contributed by atoms with Gasteiger partial charge in [-0.25, -0.2) is 4.39 Å². The third kappa shape index (κ3) is 7.89. The molecule has 0 rings (SSSR count). The number of rotatable bonds is 6. The van der Waals surface area contributed by atoms with Crippen molar-refractivity contribution in [3.63, 3.8) is 0 Å². The van der Waals surface area contributed by atoms with Crippen molar-refractivity contribution in [2.45, 2.75) is 51.7 Å². The highest BCUT2D eigenvalue weighted by atomic mass is 19.1. The molecule has 0 aliphatic heterocycles. The van der Waals surface area contributed by atoms with E-state index < -0.39 is 6.30 Å². The molecule has 10 heavy (non-hydrogen) atoms. The minimum atomic E-state index is -1.60. The van der Waals surface area contributed by atoms with Crippen molar-refractivity contribution in [2.24, 2.45) is 0 Å². The monoisotopic (exact) mass is 145 g/mol. The van der Waals surface area contributed by atoms with Crippen molar-refractivity contribution in [3.8, 4) is 0 Å². The summed E-state index contributed by atoms with van der Waals surface area (Å²) in [4.78, 5) is 0. The Hall–Kier alpha value is -0.110. The number of halogens is 1. The van der Waals surface area contributed by atoms with E-state index in [0.29, 0.717) is 6.42 Å². The molecule has 0 bridgehead atoms. The van der Waals surface area contributed by atoms with E-state index in [2.05, 4.69) is 6.92 Å². The highest BCUT2D eigenvalue weighted by molar-refractivity contribution is 4.46. The van der Waals surface area contributed by atoms with Gasteiger partial charge in [-0.3, -0.25) is 0 Å². The van der Waals surface area contributed by atoms with Crippen molar-refractivity contribution in [1.82, 2.24) is 5.73 Å². The molecular formula is C8H16FN. The fourth-order valence-electron chi connectivity index (χ4n) is 0.916. The summed E-state index contributed by atoms with van der Waals surface area (Å²) in [7, 11) is 0. The normalized spacial score (nSPS) is 13.5. The third-order valence-electron chi connectivity index (χ3n) is 1.55. The molecule has 0 fully saturated rings. The Balaban J connectivity index is 2.77. The summed E-state index contributed by atoms with van der Waals surface area (Å²) in [5.41, 5.74) is 8.24. The molecule has 0 aromatic heterocycles. The van der Waals surface area contributed by atoms with Gasteiger partial charge in [0.05, 0.1) is 0 Å². The van der Waals surface area contributed by atoms with E-state index >= 15 is 0 Å². The Morgan fingerprint density at radius 3 is 2.30 bits per heavy atom. The van der Waals surface area contributed by atoms with E-state index in [-0.39, 0.29) is 0 Å². The van der Waals surface area contributed by atoms with Crippen molar-refractivity contribution in [1.29, 1.82) is 0 Å². The summed E-state index contributed by atoms with van der Waals surface area (Å²) in [6.45, 7) is 2.14. The minimum absolute atomic E-state index is 0.309. The molecule has 0 heterocycles. The van der Waals surface area contributed by atoms with Gasteiger partial charge in [0.15, 0.2) is 6.30 Å². The lowest BCUT2D eigenvalue weighted by Crippen LogP contribution is -1.98. The molecule has 1 atom stereocenters. The zero-order valence-electron chi connectivity index (χ0n) is 6.65. The second-order valence-electron chi connectivity index (χ2n) is 2.64. The summed E-state index contributed by atoms with van der Waals surface area (Å²) in [5.74, 6) is 0. The maximum atomic E-state index is 11.8. The van der Waals surface area contributed by atoms with Gasteiger partial charge in [0.1, 0.15) is 0 Å². The summed E-state index contributed by atoms with van der Waals surface area (Å²) in [5, 5.41) is 0. The smallest absolute Gasteiger partial charge is 0.183 e. The van der Waals surface area contributed by atoms with Gasteiger partial charge in [0, 0.05) is 0 Å². The van der Waals surface area contributed by atoms with Crippen LogP contribution in [0.2, 0.25) is 0 Å². The molecule has 2 radical (unpaired) electrons. The van der Waals surface area contributed by atoms with Gasteiger partial charge < -0.3 is 0 Å². The Labute approximate surface area is 62.8 Å². The number of nitrogens with zero attached hydrogens (tertiary/aromatic N) is 1. The van der Waals surface area contributed by atoms with Crippen molar-refractivity contribution < 1.29 is 4.39 Å². The Kier molecular flexibility index (Phi) is 6.93. The second-order valence-corrected chi connectivity index (χ2v) is 2.64. The third-order valence-corrected chi connectivity index (χ3v) is 1.55. The van der Waals surface area contributed by atoms with Crippen LogP contribution in [0, 0.1) is 0 Å². The largest absolute Gasteiger partial charge is 0.227 e. The quantitative estimate of drug-likeness (QED) is 0.405. The van der Waals surface area contributed by atoms with Crippen LogP contribution in [0.15, 0.2) is 0 Å². The molecule has 1 nitrogen and oxygen atoms in total. The van der Waals surface area contributed by atoms with E-state index in [4.69, 9.17) is 5.73 Å². The lowest BCUT2D eigenvalue weighted by molar-refractivity contribution is 0.304. The summed E-state index contributed by atoms with van der Waals surface area (Å²) < 4.78 is 11.8. The van der Waals surface area contributed by atoms with Crippen LogP contribution in [0.25, 0.3) is 0 Å². The lowest BCUT2D eigenvalue weighted by atomic mass is 10.1. The van der Waals surface area contributed by atoms with Gasteiger partial charge in [-0.2, -0.15) is 0 Å². The van der Waals surface area contributed by atoms with Crippen LogP contribution in [-0.4, -0.2) is 6.30 Å². The molecule has 0 saturated heterocycles. The van der Waals surface area contributed by atoms with Gasteiger partial charge in [-0.05, 0) is 12.8 Å². The maximum absolute atomic E-state index is 11.8. The van der Waals surface area contributed by atoms with E-state index in [1.165, 1.54) is 19.3 Å². The molecular weight excluding hydrogens is 129 g/mol. The number of hydrogen-bond donors (Lipinski definition) is 0. The Morgan fingerprint density at radius 2 is 1.80 bits per heavy atom. The second kappa shape index (κ2) is 7.00. The average Bonchev–Trinajstić information content (AvgIpc) is 1.87. The number of unbranched alkanes of at least 4 members (excludes halogenated alkanes) is 4. The Bertz CT molecular complexity index is 64.3. The number of hydrogen-bond acceptors (Lipinski definition) is 0. The standard InChI is InChI=1S/C8H16FN/c1-2-3-4-5-6-7-8(9)10/h8H,2-7H2,1H3. The SMILES string of the molecule is CCCCCCCC([N])F. The fraction of sp³-hybridized carbons (Fsp3) is 1.00. The molecule has 0 amide bonds. The maximum Gasteiger partial charge on any atom is 0.183 e. The van der Waals surface area contributed by atoms with E-state index in [9.17, 15) is 4.39 Å². The van der Waals surface area contributed by atoms with Gasteiger partial charge in [-0.15, -0.1) is 5.73 Å². The molecule has 1 unspecified atom stereocenters. The molecule has 0 aliphatic carbocycles. The highest BCUT2D eigenvalue weighted by Gasteiger charge is 1.98. The molecule has 0 N–H and O–H groups in total. The zero-order valence-corrected chi connectivity index (χ0v) is 6.65. The first kappa shape index (κ1) is 9.89. The van der Waals surface area contributed by atoms with Crippen LogP contribution in [0.1, 0.15) is 45.4 Å². The predicted octanol–water partition coefficient (Wildman–Crippen LogP) is 2.71. The number of alkyl halides is 1. The molecule has 0 aromatic rings. The Morgan fingerprint density at radius 1 is 1.20 bits per heavy atom. The molecule has 0 saturated carbocycles. The molecule has 0 spiro atoms. The average molecular weight is 145 g/mol. The van der Waals surface area contributed by atoms with Crippen LogP contribution >= 0.6 is 0 Å². The summed E-state index contributed by atoms with van der Waals surface area (Å²) in [6, 6.07) is 0. The summed E-state index contributed by atoms with van der Waals surface area (Å²) in [6.07, 6.45) is 4.18. The van der Waals surface area contributed by atoms with E-state index in [1.807, 2.05) is 0 Å². The molecule has 0 aromatic carbocycles. The first-order valence-electron chi connectivity index (χ1n) is 4.09. The van der Waals surface area contributed by atoms with E-state index in [0.717, 1.165) is 12.8 Å². The van der Waals surface area contributed by atoms with Crippen LogP contribution in [0.3, 0.4) is 0 Å². The first-order chi connectivity index (χ1) is 4.77. The molecule has 60 valence electrons. The molecule has 2 heteroatoms. The van der Waals surface area contributed by atoms with E-state index in [1.54, 1.807) is 0 Å². The fourth-order valence-corrected chi connectivity index (χ4v) is 0.916. The van der Waals surface area contributed by atoms with Crippen LogP contribution < -0.4 is 5.73 Å². The van der Waals surface area contributed by atoms with Crippen molar-refractivity contribution in [3.05, 3.63) is 0 Å². The van der Waals surface area contributed by atoms with Gasteiger partial charge in [0.2, 0.25) is 0 Å². The lowest BCUT2D eigenvalue weighted by Gasteiger charge is -1.98. The predicted molar refractivity (Wildman–Crippen MR) is 40.4 cm³/mol. The van der Waals surface area contributed by atoms with Gasteiger partial charge in [0.25, 0.3) is 0 Å². The minimum Gasteiger partial charge on any atom is -0.227 e. The zero-order chi connectivity index (χ0) is 7.82. The van der Waals surface area contributed by atoms with Crippen LogP contribution in [-0.2, 0) is 0 Å². The van der Waals surface area contributed by atoms with Crippen LogP contribution in [0.4, 0.5) is 4.39 Å². The summed E-state index contributed by atoms with van der Waals surface area (Å²) >= 11 is 0. The topological polar surface area (TPSA) is 22.3 Å². The van der Waals surface area contributed by atoms with Crippen molar-refractivity contribution >= 4 is 0 Å². The highest BCUT2D eigenvalue weighted by Crippen LogP contribution is 2.06. The van der Waals surface area contributed by atoms with Gasteiger partial charge in [-0.1, -0.05) is 32.6 Å². The van der Waals surface area contributed by atoms with Gasteiger partial charge >= 0.3 is 0 Å². The first-order valence-corrected chi connectivity index (χ1v) is 4.09. The van der Waals surface area contributed by atoms with Crippen molar-refractivity contribution in [2.75, 3.05) is 0 Å². The molecule has 0 aliphatic rings.